The van der Waals surface area contributed by atoms with Gasteiger partial charge in [0.05, 0.1) is 5.56 Å². The minimum absolute atomic E-state index is 0.0210. The van der Waals surface area contributed by atoms with Crippen LogP contribution in [0.25, 0.3) is 0 Å². The van der Waals surface area contributed by atoms with Crippen molar-refractivity contribution in [2.24, 2.45) is 17.8 Å². The van der Waals surface area contributed by atoms with Gasteiger partial charge in [-0.1, -0.05) is 6.42 Å². The van der Waals surface area contributed by atoms with Crippen molar-refractivity contribution in [1.29, 1.82) is 0 Å². The van der Waals surface area contributed by atoms with Gasteiger partial charge in [-0.05, 0) is 63.1 Å². The van der Waals surface area contributed by atoms with Crippen molar-refractivity contribution >= 4 is 11.7 Å². The standard InChI is InChI=1S/C20H30N4O/c1-14(18-12-15-3-4-16(18)11-15)22-20(25)17-5-6-19(21-13-17)24-9-7-23(2)8-10-24/h5-6,13-16,18H,3-4,7-12H2,1-2H3,(H,22,25). The van der Waals surface area contributed by atoms with Crippen LogP contribution in [-0.2, 0) is 0 Å². The van der Waals surface area contributed by atoms with Crippen molar-refractivity contribution in [3.63, 3.8) is 0 Å². The first-order chi connectivity index (χ1) is 12.1. The van der Waals surface area contributed by atoms with Crippen molar-refractivity contribution in [3.05, 3.63) is 23.9 Å². The number of pyridine rings is 1. The van der Waals surface area contributed by atoms with Crippen LogP contribution in [-0.4, -0.2) is 55.1 Å². The Morgan fingerprint density at radius 3 is 2.60 bits per heavy atom. The smallest absolute Gasteiger partial charge is 0.253 e. The van der Waals surface area contributed by atoms with Crippen LogP contribution in [0.4, 0.5) is 5.82 Å². The Labute approximate surface area is 150 Å². The number of anilines is 1. The molecule has 0 radical (unpaired) electrons. The van der Waals surface area contributed by atoms with Crippen LogP contribution in [0.3, 0.4) is 0 Å². The minimum atomic E-state index is 0.0210. The Kier molecular flexibility index (Phi) is 4.67. The number of carbonyl (C=O) groups excluding carboxylic acids is 1. The van der Waals surface area contributed by atoms with Gasteiger partial charge in [-0.15, -0.1) is 0 Å². The summed E-state index contributed by atoms with van der Waals surface area (Å²) >= 11 is 0. The molecule has 0 aromatic carbocycles. The van der Waals surface area contributed by atoms with Gasteiger partial charge in [-0.3, -0.25) is 4.79 Å². The lowest BCUT2D eigenvalue weighted by molar-refractivity contribution is 0.0915. The number of fused-ring (bicyclic) bond motifs is 2. The fourth-order valence-corrected chi connectivity index (χ4v) is 5.05. The molecule has 5 nitrogen and oxygen atoms in total. The van der Waals surface area contributed by atoms with E-state index in [1.807, 2.05) is 12.1 Å². The Hall–Kier alpha value is -1.62. The molecule has 2 saturated carbocycles. The second kappa shape index (κ2) is 6.94. The van der Waals surface area contributed by atoms with Gasteiger partial charge in [-0.2, -0.15) is 0 Å². The molecule has 1 amide bonds. The van der Waals surface area contributed by atoms with Crippen LogP contribution in [0, 0.1) is 17.8 Å². The summed E-state index contributed by atoms with van der Waals surface area (Å²) in [5.74, 6) is 3.41. The maximum Gasteiger partial charge on any atom is 0.253 e. The lowest BCUT2D eigenvalue weighted by atomic mass is 9.84. The van der Waals surface area contributed by atoms with Crippen LogP contribution in [0.5, 0.6) is 0 Å². The number of hydrogen-bond acceptors (Lipinski definition) is 4. The molecular weight excluding hydrogens is 312 g/mol. The highest BCUT2D eigenvalue weighted by atomic mass is 16.1. The Morgan fingerprint density at radius 2 is 2.00 bits per heavy atom. The Bertz CT molecular complexity index is 609. The first-order valence-corrected chi connectivity index (χ1v) is 9.80. The molecule has 25 heavy (non-hydrogen) atoms. The lowest BCUT2D eigenvalue weighted by Crippen LogP contribution is -2.44. The van der Waals surface area contributed by atoms with E-state index in [9.17, 15) is 4.79 Å². The topological polar surface area (TPSA) is 48.5 Å². The van der Waals surface area contributed by atoms with E-state index >= 15 is 0 Å². The number of nitrogens with zero attached hydrogens (tertiary/aromatic N) is 3. The molecule has 5 heteroatoms. The largest absolute Gasteiger partial charge is 0.354 e. The van der Waals surface area contributed by atoms with E-state index in [1.54, 1.807) is 6.20 Å². The molecule has 1 aliphatic heterocycles. The molecule has 4 atom stereocenters. The lowest BCUT2D eigenvalue weighted by Gasteiger charge is -2.33. The van der Waals surface area contributed by atoms with E-state index in [4.69, 9.17) is 0 Å². The third kappa shape index (κ3) is 3.52. The minimum Gasteiger partial charge on any atom is -0.354 e. The average Bonchev–Trinajstić information content (AvgIpc) is 3.26. The number of likely N-dealkylation sites (N-methyl/N-ethyl adjacent to an activating group) is 1. The fourth-order valence-electron chi connectivity index (χ4n) is 5.05. The third-order valence-electron chi connectivity index (χ3n) is 6.63. The fraction of sp³-hybridized carbons (Fsp3) is 0.700. The maximum absolute atomic E-state index is 12.6. The summed E-state index contributed by atoms with van der Waals surface area (Å²) in [5.41, 5.74) is 0.674. The number of aromatic nitrogens is 1. The predicted octanol–water partition coefficient (Wildman–Crippen LogP) is 2.39. The number of carbonyl (C=O) groups is 1. The van der Waals surface area contributed by atoms with Gasteiger partial charge in [0.2, 0.25) is 0 Å². The van der Waals surface area contributed by atoms with E-state index < -0.39 is 0 Å². The van der Waals surface area contributed by atoms with E-state index in [0.29, 0.717) is 11.5 Å². The normalized spacial score (nSPS) is 30.5. The van der Waals surface area contributed by atoms with Crippen LogP contribution >= 0.6 is 0 Å². The van der Waals surface area contributed by atoms with Crippen molar-refractivity contribution < 1.29 is 4.79 Å². The molecular formula is C20H30N4O. The molecule has 3 fully saturated rings. The molecule has 3 aliphatic rings. The summed E-state index contributed by atoms with van der Waals surface area (Å²) in [6.07, 6.45) is 7.17. The van der Waals surface area contributed by atoms with E-state index in [2.05, 4.69) is 34.1 Å². The van der Waals surface area contributed by atoms with Gasteiger partial charge < -0.3 is 15.1 Å². The first kappa shape index (κ1) is 16.8. The van der Waals surface area contributed by atoms with E-state index in [0.717, 1.165) is 43.8 Å². The van der Waals surface area contributed by atoms with Crippen molar-refractivity contribution in [2.75, 3.05) is 38.1 Å². The van der Waals surface area contributed by atoms with Crippen LogP contribution in [0.1, 0.15) is 43.0 Å². The molecule has 1 saturated heterocycles. The Morgan fingerprint density at radius 1 is 1.20 bits per heavy atom. The van der Waals surface area contributed by atoms with Gasteiger partial charge in [0, 0.05) is 38.4 Å². The first-order valence-electron chi connectivity index (χ1n) is 9.80. The molecule has 2 bridgehead atoms. The third-order valence-corrected chi connectivity index (χ3v) is 6.63. The summed E-state index contributed by atoms with van der Waals surface area (Å²) in [5, 5.41) is 3.23. The zero-order valence-corrected chi connectivity index (χ0v) is 15.4. The molecule has 136 valence electrons. The molecule has 4 unspecified atom stereocenters. The molecule has 1 aromatic rings. The summed E-state index contributed by atoms with van der Waals surface area (Å²) in [6.45, 7) is 6.29. The number of nitrogens with one attached hydrogen (secondary N) is 1. The molecule has 2 aliphatic carbocycles. The van der Waals surface area contributed by atoms with E-state index in [-0.39, 0.29) is 11.9 Å². The summed E-state index contributed by atoms with van der Waals surface area (Å²) in [7, 11) is 2.15. The molecule has 4 rings (SSSR count). The van der Waals surface area contributed by atoms with Gasteiger partial charge in [0.25, 0.3) is 5.91 Å². The van der Waals surface area contributed by atoms with Gasteiger partial charge >= 0.3 is 0 Å². The number of hydrogen-bond donors (Lipinski definition) is 1. The quantitative estimate of drug-likeness (QED) is 0.913. The number of piperazine rings is 1. The zero-order chi connectivity index (χ0) is 17.4. The zero-order valence-electron chi connectivity index (χ0n) is 15.4. The predicted molar refractivity (Wildman–Crippen MR) is 99.8 cm³/mol. The van der Waals surface area contributed by atoms with Gasteiger partial charge in [-0.25, -0.2) is 4.98 Å². The van der Waals surface area contributed by atoms with Gasteiger partial charge in [0.1, 0.15) is 5.82 Å². The van der Waals surface area contributed by atoms with Crippen molar-refractivity contribution in [1.82, 2.24) is 15.2 Å². The summed E-state index contributed by atoms with van der Waals surface area (Å²) in [4.78, 5) is 21.7. The van der Waals surface area contributed by atoms with Crippen molar-refractivity contribution in [2.45, 2.75) is 38.6 Å². The number of amides is 1. The second-order valence-corrected chi connectivity index (χ2v) is 8.30. The van der Waals surface area contributed by atoms with Crippen molar-refractivity contribution in [3.8, 4) is 0 Å². The highest BCUT2D eigenvalue weighted by Gasteiger charge is 2.42. The van der Waals surface area contributed by atoms with Crippen LogP contribution < -0.4 is 10.2 Å². The molecule has 2 heterocycles. The molecule has 1 aromatic heterocycles. The van der Waals surface area contributed by atoms with Crippen LogP contribution in [0.15, 0.2) is 18.3 Å². The average molecular weight is 342 g/mol. The summed E-state index contributed by atoms with van der Waals surface area (Å²) < 4.78 is 0. The molecule has 1 N–H and O–H groups in total. The highest BCUT2D eigenvalue weighted by molar-refractivity contribution is 5.94. The second-order valence-electron chi connectivity index (χ2n) is 8.30. The molecule has 0 spiro atoms. The van der Waals surface area contributed by atoms with E-state index in [1.165, 1.54) is 25.7 Å². The SMILES string of the molecule is CC(NC(=O)c1ccc(N2CCN(C)CC2)nc1)C1CC2CCC1C2. The van der Waals surface area contributed by atoms with Gasteiger partial charge in [0.15, 0.2) is 0 Å². The van der Waals surface area contributed by atoms with Crippen LogP contribution in [0.2, 0.25) is 0 Å². The Balaban J connectivity index is 1.34. The number of rotatable bonds is 4. The monoisotopic (exact) mass is 342 g/mol. The highest BCUT2D eigenvalue weighted by Crippen LogP contribution is 2.49. The summed E-state index contributed by atoms with van der Waals surface area (Å²) in [6, 6.07) is 4.17. The maximum atomic E-state index is 12.6.